The zero-order valence-electron chi connectivity index (χ0n) is 13.0. The number of nitrogens with zero attached hydrogens (tertiary/aromatic N) is 2. The Morgan fingerprint density at radius 2 is 1.96 bits per heavy atom. The van der Waals surface area contributed by atoms with Crippen molar-refractivity contribution in [3.05, 3.63) is 52.3 Å². The van der Waals surface area contributed by atoms with E-state index >= 15 is 0 Å². The van der Waals surface area contributed by atoms with Crippen LogP contribution in [-0.4, -0.2) is 20.8 Å². The summed E-state index contributed by atoms with van der Waals surface area (Å²) in [6, 6.07) is 7.23. The molecule has 0 spiro atoms. The number of aliphatic hydroxyl groups excluding tert-OH is 1. The first-order chi connectivity index (χ1) is 10.9. The predicted octanol–water partition coefficient (Wildman–Crippen LogP) is 2.25. The van der Waals surface area contributed by atoms with Crippen molar-refractivity contribution in [1.82, 2.24) is 15.1 Å². The molecule has 2 N–H and O–H groups in total. The standard InChI is InChI=1S/C16H19F2N3O2/c1-10-14(11(2)21(20-10)16(17)18)7-15(23)19-8-12-5-3-4-6-13(12)9-22/h3-6,16,22H,7-9H2,1-2H3,(H,19,23). The first-order valence-corrected chi connectivity index (χ1v) is 7.21. The highest BCUT2D eigenvalue weighted by Gasteiger charge is 2.19. The van der Waals surface area contributed by atoms with Crippen LogP contribution in [0.4, 0.5) is 8.78 Å². The highest BCUT2D eigenvalue weighted by Crippen LogP contribution is 2.19. The lowest BCUT2D eigenvalue weighted by molar-refractivity contribution is -0.120. The van der Waals surface area contributed by atoms with Gasteiger partial charge in [0, 0.05) is 17.8 Å². The maximum Gasteiger partial charge on any atom is 0.333 e. The molecular weight excluding hydrogens is 304 g/mol. The summed E-state index contributed by atoms with van der Waals surface area (Å²) in [5.74, 6) is -0.280. The fourth-order valence-electron chi connectivity index (χ4n) is 2.44. The lowest BCUT2D eigenvalue weighted by atomic mass is 10.1. The highest BCUT2D eigenvalue weighted by molar-refractivity contribution is 5.79. The summed E-state index contributed by atoms with van der Waals surface area (Å²) in [4.78, 5) is 12.1. The molecule has 0 bridgehead atoms. The molecule has 1 heterocycles. The molecule has 0 saturated carbocycles. The van der Waals surface area contributed by atoms with Gasteiger partial charge < -0.3 is 10.4 Å². The summed E-state index contributed by atoms with van der Waals surface area (Å²) in [6.45, 7) is 0.579. The summed E-state index contributed by atoms with van der Waals surface area (Å²) in [7, 11) is 0. The van der Waals surface area contributed by atoms with E-state index in [2.05, 4.69) is 10.4 Å². The number of nitrogens with one attached hydrogen (secondary N) is 1. The number of hydrogen-bond acceptors (Lipinski definition) is 3. The van der Waals surface area contributed by atoms with Gasteiger partial charge in [0.1, 0.15) is 0 Å². The lowest BCUT2D eigenvalue weighted by Crippen LogP contribution is -2.25. The van der Waals surface area contributed by atoms with Crippen molar-refractivity contribution in [2.45, 2.75) is 40.0 Å². The normalized spacial score (nSPS) is 11.0. The van der Waals surface area contributed by atoms with Gasteiger partial charge in [-0.15, -0.1) is 0 Å². The maximum atomic E-state index is 12.8. The van der Waals surface area contributed by atoms with E-state index in [1.165, 1.54) is 6.92 Å². The van der Waals surface area contributed by atoms with Crippen LogP contribution in [0.1, 0.15) is 34.6 Å². The monoisotopic (exact) mass is 323 g/mol. The van der Waals surface area contributed by atoms with Crippen LogP contribution in [0.2, 0.25) is 0 Å². The number of aromatic nitrogens is 2. The van der Waals surface area contributed by atoms with Crippen LogP contribution in [0.25, 0.3) is 0 Å². The van der Waals surface area contributed by atoms with Crippen molar-refractivity contribution in [3.8, 4) is 0 Å². The zero-order chi connectivity index (χ0) is 17.0. The van der Waals surface area contributed by atoms with Gasteiger partial charge in [-0.1, -0.05) is 24.3 Å². The number of rotatable bonds is 6. The molecule has 7 heteroatoms. The number of hydrogen-bond donors (Lipinski definition) is 2. The van der Waals surface area contributed by atoms with Crippen molar-refractivity contribution >= 4 is 5.91 Å². The number of amides is 1. The van der Waals surface area contributed by atoms with Crippen LogP contribution in [0, 0.1) is 13.8 Å². The molecule has 1 aromatic carbocycles. The molecule has 0 saturated heterocycles. The van der Waals surface area contributed by atoms with Gasteiger partial charge in [-0.25, -0.2) is 4.68 Å². The second-order valence-electron chi connectivity index (χ2n) is 5.25. The summed E-state index contributed by atoms with van der Waals surface area (Å²) >= 11 is 0. The number of alkyl halides is 2. The van der Waals surface area contributed by atoms with Crippen LogP contribution in [0.3, 0.4) is 0 Å². The van der Waals surface area contributed by atoms with Crippen LogP contribution in [-0.2, 0) is 24.4 Å². The Bertz CT molecular complexity index is 699. The molecule has 124 valence electrons. The Labute approximate surface area is 132 Å². The van der Waals surface area contributed by atoms with Crippen molar-refractivity contribution in [3.63, 3.8) is 0 Å². The molecule has 23 heavy (non-hydrogen) atoms. The van der Waals surface area contributed by atoms with Gasteiger partial charge in [0.15, 0.2) is 0 Å². The summed E-state index contributed by atoms with van der Waals surface area (Å²) in [5, 5.41) is 15.8. The molecule has 0 unspecified atom stereocenters. The number of benzene rings is 1. The third-order valence-electron chi connectivity index (χ3n) is 3.76. The van der Waals surface area contributed by atoms with Gasteiger partial charge in [0.2, 0.25) is 5.91 Å². The van der Waals surface area contributed by atoms with E-state index in [0.717, 1.165) is 11.1 Å². The van der Waals surface area contributed by atoms with Gasteiger partial charge in [0.05, 0.1) is 18.7 Å². The fourth-order valence-corrected chi connectivity index (χ4v) is 2.44. The molecule has 2 rings (SSSR count). The maximum absolute atomic E-state index is 12.8. The zero-order valence-corrected chi connectivity index (χ0v) is 13.0. The van der Waals surface area contributed by atoms with Crippen molar-refractivity contribution in [2.75, 3.05) is 0 Å². The van der Waals surface area contributed by atoms with Gasteiger partial charge in [-0.2, -0.15) is 13.9 Å². The molecule has 0 aliphatic rings. The molecule has 1 amide bonds. The molecule has 0 aliphatic heterocycles. The van der Waals surface area contributed by atoms with Gasteiger partial charge in [-0.3, -0.25) is 4.79 Å². The van der Waals surface area contributed by atoms with Crippen LogP contribution < -0.4 is 5.32 Å². The molecular formula is C16H19F2N3O2. The van der Waals surface area contributed by atoms with Gasteiger partial charge in [0.25, 0.3) is 0 Å². The van der Waals surface area contributed by atoms with Crippen molar-refractivity contribution in [2.24, 2.45) is 0 Å². The minimum Gasteiger partial charge on any atom is -0.392 e. The quantitative estimate of drug-likeness (QED) is 0.857. The Morgan fingerprint density at radius 3 is 2.52 bits per heavy atom. The average Bonchev–Trinajstić information content (AvgIpc) is 2.81. The van der Waals surface area contributed by atoms with E-state index in [9.17, 15) is 18.7 Å². The number of aliphatic hydroxyl groups is 1. The Kier molecular flexibility index (Phi) is 5.44. The molecule has 1 aromatic heterocycles. The molecule has 0 atom stereocenters. The summed E-state index contributed by atoms with van der Waals surface area (Å²) in [6.07, 6.45) is -0.00826. The first-order valence-electron chi connectivity index (χ1n) is 7.21. The number of aryl methyl sites for hydroxylation is 1. The van der Waals surface area contributed by atoms with Gasteiger partial charge >= 0.3 is 6.55 Å². The van der Waals surface area contributed by atoms with Crippen molar-refractivity contribution in [1.29, 1.82) is 0 Å². The van der Waals surface area contributed by atoms with Crippen LogP contribution in [0.5, 0.6) is 0 Å². The Balaban J connectivity index is 2.03. The van der Waals surface area contributed by atoms with E-state index < -0.39 is 6.55 Å². The first kappa shape index (κ1) is 17.1. The van der Waals surface area contributed by atoms with E-state index in [1.807, 2.05) is 18.2 Å². The molecule has 0 fully saturated rings. The highest BCUT2D eigenvalue weighted by atomic mass is 19.3. The van der Waals surface area contributed by atoms with Crippen molar-refractivity contribution < 1.29 is 18.7 Å². The van der Waals surface area contributed by atoms with Crippen LogP contribution >= 0.6 is 0 Å². The lowest BCUT2D eigenvalue weighted by Gasteiger charge is -2.09. The van der Waals surface area contributed by atoms with E-state index in [-0.39, 0.29) is 25.5 Å². The SMILES string of the molecule is Cc1nn(C(F)F)c(C)c1CC(=O)NCc1ccccc1CO. The van der Waals surface area contributed by atoms with Gasteiger partial charge in [-0.05, 0) is 25.0 Å². The minimum absolute atomic E-state index is 0.00826. The third kappa shape index (κ3) is 3.92. The predicted molar refractivity (Wildman–Crippen MR) is 80.9 cm³/mol. The average molecular weight is 323 g/mol. The number of halogens is 2. The molecule has 0 aliphatic carbocycles. The summed E-state index contributed by atoms with van der Waals surface area (Å²) in [5.41, 5.74) is 2.79. The fraction of sp³-hybridized carbons (Fsp3) is 0.375. The Hall–Kier alpha value is -2.28. The molecule has 5 nitrogen and oxygen atoms in total. The van der Waals surface area contributed by atoms with E-state index in [1.54, 1.807) is 13.0 Å². The Morgan fingerprint density at radius 1 is 1.30 bits per heavy atom. The second kappa shape index (κ2) is 7.32. The third-order valence-corrected chi connectivity index (χ3v) is 3.76. The number of carbonyl (C=O) groups is 1. The van der Waals surface area contributed by atoms with E-state index in [4.69, 9.17) is 0 Å². The largest absolute Gasteiger partial charge is 0.392 e. The molecule has 2 aromatic rings. The summed E-state index contributed by atoms with van der Waals surface area (Å²) < 4.78 is 26.2. The topological polar surface area (TPSA) is 67.2 Å². The second-order valence-corrected chi connectivity index (χ2v) is 5.25. The minimum atomic E-state index is -2.72. The smallest absolute Gasteiger partial charge is 0.333 e. The van der Waals surface area contributed by atoms with E-state index in [0.29, 0.717) is 21.6 Å². The van der Waals surface area contributed by atoms with Crippen LogP contribution in [0.15, 0.2) is 24.3 Å². The molecule has 0 radical (unpaired) electrons. The number of carbonyl (C=O) groups excluding carboxylic acids is 1.